The molecular weight excluding hydrogens is 436 g/mol. The largest absolute Gasteiger partial charge is 0.465 e. The van der Waals surface area contributed by atoms with Gasteiger partial charge >= 0.3 is 6.09 Å². The van der Waals surface area contributed by atoms with Crippen molar-refractivity contribution in [1.82, 2.24) is 25.2 Å². The first kappa shape index (κ1) is 23.2. The summed E-state index contributed by atoms with van der Waals surface area (Å²) in [4.78, 5) is 53.0. The summed E-state index contributed by atoms with van der Waals surface area (Å²) < 4.78 is 0. The molecule has 34 heavy (non-hydrogen) atoms. The van der Waals surface area contributed by atoms with Crippen LogP contribution < -0.4 is 10.2 Å². The Kier molecular flexibility index (Phi) is 6.23. The van der Waals surface area contributed by atoms with Gasteiger partial charge in [-0.2, -0.15) is 0 Å². The molecule has 0 saturated heterocycles. The minimum absolute atomic E-state index is 0.247. The number of likely N-dealkylation sites (N-methyl/N-ethyl adjacent to an activating group) is 1. The monoisotopic (exact) mass is 464 g/mol. The Morgan fingerprint density at radius 2 is 1.91 bits per heavy atom. The van der Waals surface area contributed by atoms with Crippen molar-refractivity contribution in [3.05, 3.63) is 54.0 Å². The number of aromatic amines is 1. The number of nitrogens with zero attached hydrogens (tertiary/aromatic N) is 4. The van der Waals surface area contributed by atoms with Crippen LogP contribution in [0.4, 0.5) is 10.6 Å². The molecule has 1 unspecified atom stereocenters. The highest BCUT2D eigenvalue weighted by atomic mass is 16.4. The van der Waals surface area contributed by atoms with Gasteiger partial charge < -0.3 is 15.4 Å². The van der Waals surface area contributed by atoms with Crippen LogP contribution in [-0.2, 0) is 16.0 Å². The number of hydrogen-bond donors (Lipinski definition) is 3. The number of hydrogen-bond acceptors (Lipinski definition) is 5. The fraction of sp³-hybridized carbons (Fsp3) is 0.375. The maximum Gasteiger partial charge on any atom is 0.407 e. The Labute approximate surface area is 197 Å². The van der Waals surface area contributed by atoms with Crippen LogP contribution in [-0.4, -0.2) is 62.0 Å². The number of rotatable bonds is 6. The first-order valence-corrected chi connectivity index (χ1v) is 11.2. The molecule has 3 amide bonds. The zero-order valence-electron chi connectivity index (χ0n) is 19.5. The number of para-hydroxylation sites is 2. The summed E-state index contributed by atoms with van der Waals surface area (Å²) in [6, 6.07) is 9.15. The number of H-pyrrole nitrogens is 1. The Morgan fingerprint density at radius 3 is 2.59 bits per heavy atom. The lowest BCUT2D eigenvalue weighted by Gasteiger charge is -2.31. The van der Waals surface area contributed by atoms with Crippen molar-refractivity contribution < 1.29 is 19.5 Å². The number of fused-ring (bicyclic) bond motifs is 2. The standard InChI is InChI=1S/C24H28N6O4/c1-13(2)19(28-22(31)14(3)29(4)24(33)34)23(32)30-18(12-15-8-7-11-25-21(15)30)20-26-16-9-5-6-10-17(16)27-20/h5-11,13-14,18-19H,12H2,1-4H3,(H,26,27)(H,28,31)(H,33,34)/t14-,18?,19+/m1/s1. The van der Waals surface area contributed by atoms with E-state index in [9.17, 15) is 19.5 Å². The van der Waals surface area contributed by atoms with Gasteiger partial charge in [0.1, 0.15) is 29.8 Å². The highest BCUT2D eigenvalue weighted by molar-refractivity contribution is 6.01. The average molecular weight is 465 g/mol. The van der Waals surface area contributed by atoms with E-state index in [2.05, 4.69) is 15.3 Å². The fourth-order valence-electron chi connectivity index (χ4n) is 4.14. The first-order chi connectivity index (χ1) is 16.2. The van der Waals surface area contributed by atoms with Crippen molar-refractivity contribution in [3.63, 3.8) is 0 Å². The predicted octanol–water partition coefficient (Wildman–Crippen LogP) is 2.73. The van der Waals surface area contributed by atoms with E-state index in [1.165, 1.54) is 14.0 Å². The fourth-order valence-corrected chi connectivity index (χ4v) is 4.14. The summed E-state index contributed by atoms with van der Waals surface area (Å²) in [5, 5.41) is 12.0. The number of carboxylic acid groups (broad SMARTS) is 1. The van der Waals surface area contributed by atoms with Crippen LogP contribution in [0.1, 0.15) is 38.2 Å². The van der Waals surface area contributed by atoms with Crippen LogP contribution >= 0.6 is 0 Å². The minimum Gasteiger partial charge on any atom is -0.465 e. The second kappa shape index (κ2) is 9.12. The summed E-state index contributed by atoms with van der Waals surface area (Å²) in [6.45, 7) is 5.15. The van der Waals surface area contributed by atoms with Crippen LogP contribution in [0.3, 0.4) is 0 Å². The number of aromatic nitrogens is 3. The second-order valence-electron chi connectivity index (χ2n) is 8.85. The Morgan fingerprint density at radius 1 is 1.18 bits per heavy atom. The molecule has 0 saturated carbocycles. The van der Waals surface area contributed by atoms with E-state index in [1.807, 2.05) is 50.2 Å². The molecule has 10 nitrogen and oxygen atoms in total. The number of carbonyl (C=O) groups excluding carboxylic acids is 2. The molecule has 1 aliphatic heterocycles. The number of amides is 3. The number of benzene rings is 1. The van der Waals surface area contributed by atoms with Gasteiger partial charge in [-0.05, 0) is 36.6 Å². The van der Waals surface area contributed by atoms with Gasteiger partial charge in [0.15, 0.2) is 0 Å². The van der Waals surface area contributed by atoms with Gasteiger partial charge in [-0.15, -0.1) is 0 Å². The van der Waals surface area contributed by atoms with Crippen molar-refractivity contribution in [1.29, 1.82) is 0 Å². The zero-order chi connectivity index (χ0) is 24.6. The molecule has 0 bridgehead atoms. The number of carbonyl (C=O) groups is 3. The van der Waals surface area contributed by atoms with Gasteiger partial charge in [-0.3, -0.25) is 19.4 Å². The predicted molar refractivity (Wildman–Crippen MR) is 126 cm³/mol. The summed E-state index contributed by atoms with van der Waals surface area (Å²) in [7, 11) is 1.32. The molecule has 3 heterocycles. The van der Waals surface area contributed by atoms with Crippen molar-refractivity contribution in [2.45, 2.75) is 45.3 Å². The average Bonchev–Trinajstić information content (AvgIpc) is 3.42. The van der Waals surface area contributed by atoms with E-state index in [-0.39, 0.29) is 11.8 Å². The molecule has 0 aliphatic carbocycles. The van der Waals surface area contributed by atoms with E-state index in [4.69, 9.17) is 4.98 Å². The molecule has 4 rings (SSSR count). The lowest BCUT2D eigenvalue weighted by molar-refractivity contribution is -0.131. The molecule has 0 fully saturated rings. The van der Waals surface area contributed by atoms with Crippen molar-refractivity contribution in [2.75, 3.05) is 11.9 Å². The highest BCUT2D eigenvalue weighted by Crippen LogP contribution is 2.39. The van der Waals surface area contributed by atoms with Gasteiger partial charge in [-0.25, -0.2) is 14.8 Å². The van der Waals surface area contributed by atoms with Crippen molar-refractivity contribution >= 4 is 34.8 Å². The molecule has 3 aromatic rings. The van der Waals surface area contributed by atoms with Crippen molar-refractivity contribution in [2.24, 2.45) is 5.92 Å². The van der Waals surface area contributed by atoms with Gasteiger partial charge in [0.2, 0.25) is 5.91 Å². The molecular formula is C24H28N6O4. The van der Waals surface area contributed by atoms with Gasteiger partial charge in [0.05, 0.1) is 11.0 Å². The number of anilines is 1. The van der Waals surface area contributed by atoms with E-state index >= 15 is 0 Å². The number of imidazole rings is 1. The third-order valence-corrected chi connectivity index (χ3v) is 6.27. The molecule has 3 N–H and O–H groups in total. The second-order valence-corrected chi connectivity index (χ2v) is 8.85. The van der Waals surface area contributed by atoms with Crippen LogP contribution in [0, 0.1) is 5.92 Å². The molecule has 1 aliphatic rings. The molecule has 0 radical (unpaired) electrons. The Hall–Kier alpha value is -3.95. The molecule has 10 heteroatoms. The zero-order valence-corrected chi connectivity index (χ0v) is 19.5. The van der Waals surface area contributed by atoms with E-state index in [0.717, 1.165) is 21.5 Å². The summed E-state index contributed by atoms with van der Waals surface area (Å²) in [5.41, 5.74) is 2.58. The highest BCUT2D eigenvalue weighted by Gasteiger charge is 2.42. The smallest absolute Gasteiger partial charge is 0.407 e. The summed E-state index contributed by atoms with van der Waals surface area (Å²) >= 11 is 0. The molecule has 2 aromatic heterocycles. The van der Waals surface area contributed by atoms with Crippen LogP contribution in [0.25, 0.3) is 11.0 Å². The van der Waals surface area contributed by atoms with E-state index in [0.29, 0.717) is 18.1 Å². The topological polar surface area (TPSA) is 132 Å². The quantitative estimate of drug-likeness (QED) is 0.514. The summed E-state index contributed by atoms with van der Waals surface area (Å²) in [5.74, 6) is 0.0610. The Balaban J connectivity index is 1.68. The van der Waals surface area contributed by atoms with Gasteiger partial charge in [0, 0.05) is 19.7 Å². The third-order valence-electron chi connectivity index (χ3n) is 6.27. The van der Waals surface area contributed by atoms with Crippen LogP contribution in [0.2, 0.25) is 0 Å². The minimum atomic E-state index is -1.22. The SMILES string of the molecule is CC(C)[C@H](NC(=O)[C@@H](C)N(C)C(=O)O)C(=O)N1c2ncccc2CC1c1nc2ccccc2[nH]1. The first-order valence-electron chi connectivity index (χ1n) is 11.2. The summed E-state index contributed by atoms with van der Waals surface area (Å²) in [6.07, 6.45) is 0.941. The van der Waals surface area contributed by atoms with E-state index in [1.54, 1.807) is 11.1 Å². The molecule has 0 spiro atoms. The number of pyridine rings is 1. The lowest BCUT2D eigenvalue weighted by atomic mass is 10.0. The molecule has 178 valence electrons. The van der Waals surface area contributed by atoms with Gasteiger partial charge in [-0.1, -0.05) is 32.0 Å². The normalized spacial score (nSPS) is 16.9. The third kappa shape index (κ3) is 4.18. The van der Waals surface area contributed by atoms with Gasteiger partial charge in [0.25, 0.3) is 5.91 Å². The number of nitrogens with one attached hydrogen (secondary N) is 2. The van der Waals surface area contributed by atoms with Crippen molar-refractivity contribution in [3.8, 4) is 0 Å². The van der Waals surface area contributed by atoms with Crippen LogP contribution in [0.5, 0.6) is 0 Å². The maximum absolute atomic E-state index is 13.9. The molecule has 3 atom stereocenters. The van der Waals surface area contributed by atoms with E-state index < -0.39 is 30.1 Å². The van der Waals surface area contributed by atoms with Crippen LogP contribution in [0.15, 0.2) is 42.6 Å². The maximum atomic E-state index is 13.9. The Bertz CT molecular complexity index is 1210. The lowest BCUT2D eigenvalue weighted by Crippen LogP contribution is -2.56. The molecule has 1 aromatic carbocycles.